The summed E-state index contributed by atoms with van der Waals surface area (Å²) in [6.45, 7) is 7.75. The predicted octanol–water partition coefficient (Wildman–Crippen LogP) is 2.94. The summed E-state index contributed by atoms with van der Waals surface area (Å²) in [6, 6.07) is 10.8. The zero-order valence-corrected chi connectivity index (χ0v) is 18.6. The Morgan fingerprint density at radius 1 is 1.10 bits per heavy atom. The fraction of sp³-hybridized carbons (Fsp3) is 0.409. The lowest BCUT2D eigenvalue weighted by Gasteiger charge is -2.26. The molecule has 0 saturated carbocycles. The van der Waals surface area contributed by atoms with Crippen LogP contribution in [0.15, 0.2) is 47.4 Å². The maximum absolute atomic E-state index is 14.3. The Balaban J connectivity index is 1.74. The highest BCUT2D eigenvalue weighted by Crippen LogP contribution is 2.24. The van der Waals surface area contributed by atoms with Crippen molar-refractivity contribution in [1.82, 2.24) is 9.21 Å². The van der Waals surface area contributed by atoms with Gasteiger partial charge in [-0.05, 0) is 49.0 Å². The molecule has 0 atom stereocenters. The van der Waals surface area contributed by atoms with Gasteiger partial charge in [0, 0.05) is 30.9 Å². The molecule has 0 spiro atoms. The molecule has 1 fully saturated rings. The maximum atomic E-state index is 14.3. The minimum absolute atomic E-state index is 0.165. The van der Waals surface area contributed by atoms with Crippen molar-refractivity contribution in [3.8, 4) is 0 Å². The van der Waals surface area contributed by atoms with E-state index in [2.05, 4.69) is 24.1 Å². The fourth-order valence-corrected chi connectivity index (χ4v) is 4.87. The van der Waals surface area contributed by atoms with Gasteiger partial charge in [0.2, 0.25) is 10.0 Å². The molecule has 0 unspecified atom stereocenters. The van der Waals surface area contributed by atoms with Gasteiger partial charge >= 0.3 is 0 Å². The number of anilines is 1. The molecule has 1 amide bonds. The number of amides is 1. The summed E-state index contributed by atoms with van der Waals surface area (Å²) in [7, 11) is -4.02. The highest BCUT2D eigenvalue weighted by molar-refractivity contribution is 7.89. The number of carbonyl (C=O) groups is 1. The Morgan fingerprint density at radius 3 is 2.35 bits per heavy atom. The molecule has 1 N–H and O–H groups in total. The van der Waals surface area contributed by atoms with E-state index in [1.807, 2.05) is 12.1 Å². The van der Waals surface area contributed by atoms with Gasteiger partial charge in [-0.2, -0.15) is 4.31 Å². The van der Waals surface area contributed by atoms with Crippen LogP contribution in [0, 0.1) is 5.82 Å². The van der Waals surface area contributed by atoms with E-state index < -0.39 is 26.6 Å². The number of halogens is 1. The van der Waals surface area contributed by atoms with Crippen LogP contribution >= 0.6 is 0 Å². The lowest BCUT2D eigenvalue weighted by Crippen LogP contribution is -2.40. The first-order valence-corrected chi connectivity index (χ1v) is 11.8. The van der Waals surface area contributed by atoms with E-state index in [1.54, 1.807) is 12.1 Å². The first-order valence-electron chi connectivity index (χ1n) is 10.3. The third-order valence-electron chi connectivity index (χ3n) is 5.29. The van der Waals surface area contributed by atoms with Gasteiger partial charge in [-0.3, -0.25) is 9.69 Å². The summed E-state index contributed by atoms with van der Waals surface area (Å²) in [5.41, 5.74) is 1.75. The molecule has 1 aliphatic heterocycles. The molecule has 0 radical (unpaired) electrons. The second-order valence-corrected chi connectivity index (χ2v) is 9.18. The van der Waals surface area contributed by atoms with Crippen LogP contribution in [0.1, 0.15) is 29.8 Å². The Hall–Kier alpha value is -2.33. The third kappa shape index (κ3) is 5.68. The van der Waals surface area contributed by atoms with Crippen molar-refractivity contribution < 1.29 is 22.3 Å². The standard InChI is InChI=1S/C22H28FN3O4S/c1-3-25(4-2)16-17-5-7-18(8-6-17)22(27)24-19-9-10-20(23)21(15-19)31(28,29)26-11-13-30-14-12-26/h5-10,15H,3-4,11-14,16H2,1-2H3,(H,24,27). The molecule has 168 valence electrons. The third-order valence-corrected chi connectivity index (χ3v) is 7.21. The molecule has 7 nitrogen and oxygen atoms in total. The van der Waals surface area contributed by atoms with Crippen molar-refractivity contribution in [2.45, 2.75) is 25.3 Å². The van der Waals surface area contributed by atoms with Gasteiger partial charge in [0.1, 0.15) is 10.7 Å². The van der Waals surface area contributed by atoms with Crippen LogP contribution < -0.4 is 5.32 Å². The molecule has 31 heavy (non-hydrogen) atoms. The number of ether oxygens (including phenoxy) is 1. The lowest BCUT2D eigenvalue weighted by atomic mass is 10.1. The zero-order chi connectivity index (χ0) is 22.4. The minimum atomic E-state index is -4.02. The van der Waals surface area contributed by atoms with Gasteiger partial charge in [-0.25, -0.2) is 12.8 Å². The number of hydrogen-bond acceptors (Lipinski definition) is 5. The van der Waals surface area contributed by atoms with Gasteiger partial charge in [0.05, 0.1) is 13.2 Å². The number of morpholine rings is 1. The molecule has 2 aromatic rings. The lowest BCUT2D eigenvalue weighted by molar-refractivity contribution is 0.0729. The Kier molecular flexibility index (Phi) is 7.77. The van der Waals surface area contributed by atoms with Crippen molar-refractivity contribution >= 4 is 21.6 Å². The quantitative estimate of drug-likeness (QED) is 0.670. The van der Waals surface area contributed by atoms with Crippen LogP contribution in [0.2, 0.25) is 0 Å². The van der Waals surface area contributed by atoms with Gasteiger partial charge < -0.3 is 10.1 Å². The van der Waals surface area contributed by atoms with E-state index in [-0.39, 0.29) is 32.0 Å². The largest absolute Gasteiger partial charge is 0.379 e. The summed E-state index contributed by atoms with van der Waals surface area (Å²) < 4.78 is 46.3. The number of nitrogens with zero attached hydrogens (tertiary/aromatic N) is 2. The van der Waals surface area contributed by atoms with Crippen molar-refractivity contribution in [3.05, 3.63) is 59.4 Å². The second-order valence-electron chi connectivity index (χ2n) is 7.27. The number of carbonyl (C=O) groups excluding carboxylic acids is 1. The van der Waals surface area contributed by atoms with Crippen molar-refractivity contribution in [2.24, 2.45) is 0 Å². The predicted molar refractivity (Wildman–Crippen MR) is 117 cm³/mol. The van der Waals surface area contributed by atoms with Gasteiger partial charge in [0.25, 0.3) is 5.91 Å². The molecule has 9 heteroatoms. The molecule has 0 aromatic heterocycles. The SMILES string of the molecule is CCN(CC)Cc1ccc(C(=O)Nc2ccc(F)c(S(=O)(=O)N3CCOCC3)c2)cc1. The molecular formula is C22H28FN3O4S. The van der Waals surface area contributed by atoms with Gasteiger partial charge in [-0.1, -0.05) is 26.0 Å². The summed E-state index contributed by atoms with van der Waals surface area (Å²) >= 11 is 0. The molecule has 0 aliphatic carbocycles. The van der Waals surface area contributed by atoms with Gasteiger partial charge in [-0.15, -0.1) is 0 Å². The molecule has 1 aliphatic rings. The van der Waals surface area contributed by atoms with E-state index in [4.69, 9.17) is 4.74 Å². The summed E-state index contributed by atoms with van der Waals surface area (Å²) in [5.74, 6) is -1.25. The van der Waals surface area contributed by atoms with Crippen molar-refractivity contribution in [1.29, 1.82) is 0 Å². The molecular weight excluding hydrogens is 421 g/mol. The monoisotopic (exact) mass is 449 g/mol. The molecule has 2 aromatic carbocycles. The molecule has 0 bridgehead atoms. The molecule has 3 rings (SSSR count). The number of benzene rings is 2. The van der Waals surface area contributed by atoms with Crippen LogP contribution in [-0.4, -0.2) is 62.9 Å². The number of hydrogen-bond donors (Lipinski definition) is 1. The number of rotatable bonds is 8. The fourth-order valence-electron chi connectivity index (χ4n) is 3.38. The van der Waals surface area contributed by atoms with Gasteiger partial charge in [0.15, 0.2) is 0 Å². The first kappa shape index (κ1) is 23.3. The summed E-state index contributed by atoms with van der Waals surface area (Å²) in [5, 5.41) is 2.66. The van der Waals surface area contributed by atoms with Crippen LogP contribution in [-0.2, 0) is 21.3 Å². The van der Waals surface area contributed by atoms with E-state index in [1.165, 1.54) is 10.4 Å². The normalized spacial score (nSPS) is 15.2. The summed E-state index contributed by atoms with van der Waals surface area (Å²) in [4.78, 5) is 14.4. The van der Waals surface area contributed by atoms with Crippen LogP contribution in [0.3, 0.4) is 0 Å². The topological polar surface area (TPSA) is 79.0 Å². The average Bonchev–Trinajstić information content (AvgIpc) is 2.79. The van der Waals surface area contributed by atoms with Crippen LogP contribution in [0.4, 0.5) is 10.1 Å². The van der Waals surface area contributed by atoms with E-state index in [0.29, 0.717) is 5.56 Å². The summed E-state index contributed by atoms with van der Waals surface area (Å²) in [6.07, 6.45) is 0. The van der Waals surface area contributed by atoms with Crippen LogP contribution in [0.25, 0.3) is 0 Å². The number of sulfonamides is 1. The van der Waals surface area contributed by atoms with E-state index in [9.17, 15) is 17.6 Å². The zero-order valence-electron chi connectivity index (χ0n) is 17.8. The second kappa shape index (κ2) is 10.3. The highest BCUT2D eigenvalue weighted by Gasteiger charge is 2.29. The minimum Gasteiger partial charge on any atom is -0.379 e. The molecule has 1 heterocycles. The van der Waals surface area contributed by atoms with E-state index in [0.717, 1.165) is 37.3 Å². The van der Waals surface area contributed by atoms with E-state index >= 15 is 0 Å². The first-order chi connectivity index (χ1) is 14.8. The Labute approximate surface area is 182 Å². The van der Waals surface area contributed by atoms with Crippen molar-refractivity contribution in [2.75, 3.05) is 44.7 Å². The van der Waals surface area contributed by atoms with Crippen LogP contribution in [0.5, 0.6) is 0 Å². The molecule has 1 saturated heterocycles. The Bertz CT molecular complexity index is 1000. The Morgan fingerprint density at radius 2 is 1.74 bits per heavy atom. The van der Waals surface area contributed by atoms with Crippen molar-refractivity contribution in [3.63, 3.8) is 0 Å². The highest BCUT2D eigenvalue weighted by atomic mass is 32.2. The smallest absolute Gasteiger partial charge is 0.255 e. The average molecular weight is 450 g/mol. The number of nitrogens with one attached hydrogen (secondary N) is 1. The maximum Gasteiger partial charge on any atom is 0.255 e.